The maximum Gasteiger partial charge on any atom is 0.239 e. The molecule has 1 aromatic carbocycles. The fourth-order valence-corrected chi connectivity index (χ4v) is 2.97. The molecular weight excluding hydrogens is 354 g/mol. The van der Waals surface area contributed by atoms with Gasteiger partial charge in [0, 0.05) is 29.8 Å². The van der Waals surface area contributed by atoms with E-state index < -0.39 is 5.54 Å². The lowest BCUT2D eigenvalue weighted by Gasteiger charge is -2.22. The Labute approximate surface area is 161 Å². The standard InChI is InChI=1S/C19H29N3O3.ClH/c1-5-8-19(2,20)18(23)21-9-6-7-13-10-15-16(22-13)11-14(24-3)12-17(15)25-4;/h10-12,22H,5-9,20H2,1-4H3,(H,21,23);1H. The Hall–Kier alpha value is -1.92. The zero-order valence-electron chi connectivity index (χ0n) is 16.0. The Balaban J connectivity index is 0.00000338. The van der Waals surface area contributed by atoms with Crippen LogP contribution in [0.1, 0.15) is 38.8 Å². The molecule has 1 aromatic heterocycles. The number of rotatable bonds is 9. The number of ether oxygens (including phenoxy) is 2. The van der Waals surface area contributed by atoms with Gasteiger partial charge in [0.05, 0.1) is 25.3 Å². The third kappa shape index (κ3) is 5.29. The molecule has 2 rings (SSSR count). The summed E-state index contributed by atoms with van der Waals surface area (Å²) in [5.74, 6) is 1.45. The second kappa shape index (κ2) is 9.69. The number of carbonyl (C=O) groups is 1. The average molecular weight is 384 g/mol. The normalized spacial score (nSPS) is 13.0. The van der Waals surface area contributed by atoms with Crippen LogP contribution < -0.4 is 20.5 Å². The zero-order valence-corrected chi connectivity index (χ0v) is 16.8. The number of H-pyrrole nitrogens is 1. The quantitative estimate of drug-likeness (QED) is 0.580. The summed E-state index contributed by atoms with van der Waals surface area (Å²) in [5.41, 5.74) is 7.32. The van der Waals surface area contributed by atoms with Crippen molar-refractivity contribution in [3.63, 3.8) is 0 Å². The number of aryl methyl sites for hydroxylation is 1. The van der Waals surface area contributed by atoms with Gasteiger partial charge in [0.1, 0.15) is 11.5 Å². The van der Waals surface area contributed by atoms with Crippen LogP contribution in [0.25, 0.3) is 10.9 Å². The van der Waals surface area contributed by atoms with E-state index in [1.165, 1.54) is 0 Å². The molecule has 2 aromatic rings. The summed E-state index contributed by atoms with van der Waals surface area (Å²) in [5, 5.41) is 3.96. The maximum absolute atomic E-state index is 12.1. The van der Waals surface area contributed by atoms with E-state index in [0.29, 0.717) is 13.0 Å². The molecule has 0 aliphatic rings. The molecule has 4 N–H and O–H groups in total. The summed E-state index contributed by atoms with van der Waals surface area (Å²) in [6, 6.07) is 5.91. The van der Waals surface area contributed by atoms with Crippen molar-refractivity contribution in [1.29, 1.82) is 0 Å². The van der Waals surface area contributed by atoms with Crippen LogP contribution >= 0.6 is 12.4 Å². The van der Waals surface area contributed by atoms with Crippen LogP contribution in [-0.4, -0.2) is 37.2 Å². The predicted molar refractivity (Wildman–Crippen MR) is 107 cm³/mol. The lowest BCUT2D eigenvalue weighted by molar-refractivity contribution is -0.126. The molecule has 0 radical (unpaired) electrons. The van der Waals surface area contributed by atoms with Crippen molar-refractivity contribution < 1.29 is 14.3 Å². The van der Waals surface area contributed by atoms with E-state index in [1.54, 1.807) is 21.1 Å². The fourth-order valence-electron chi connectivity index (χ4n) is 2.97. The van der Waals surface area contributed by atoms with Gasteiger partial charge in [0.2, 0.25) is 5.91 Å². The Morgan fingerprint density at radius 3 is 2.62 bits per heavy atom. The van der Waals surface area contributed by atoms with Crippen LogP contribution in [0.5, 0.6) is 11.5 Å². The minimum absolute atomic E-state index is 0. The highest BCUT2D eigenvalue weighted by Gasteiger charge is 2.26. The summed E-state index contributed by atoms with van der Waals surface area (Å²) in [4.78, 5) is 15.5. The number of carbonyl (C=O) groups excluding carboxylic acids is 1. The van der Waals surface area contributed by atoms with E-state index in [1.807, 2.05) is 19.1 Å². The van der Waals surface area contributed by atoms with E-state index in [-0.39, 0.29) is 18.3 Å². The Bertz CT molecular complexity index is 728. The molecule has 0 aliphatic carbocycles. The average Bonchev–Trinajstić information content (AvgIpc) is 3.00. The first kappa shape index (κ1) is 22.1. The van der Waals surface area contributed by atoms with Gasteiger partial charge in [-0.15, -0.1) is 12.4 Å². The molecule has 26 heavy (non-hydrogen) atoms. The minimum Gasteiger partial charge on any atom is -0.497 e. The third-order valence-corrected chi connectivity index (χ3v) is 4.38. The highest BCUT2D eigenvalue weighted by Crippen LogP contribution is 2.31. The van der Waals surface area contributed by atoms with Gasteiger partial charge in [-0.3, -0.25) is 4.79 Å². The van der Waals surface area contributed by atoms with E-state index in [9.17, 15) is 4.79 Å². The number of methoxy groups -OCH3 is 2. The van der Waals surface area contributed by atoms with Crippen molar-refractivity contribution in [2.24, 2.45) is 5.73 Å². The molecule has 7 heteroatoms. The van der Waals surface area contributed by atoms with Crippen molar-refractivity contribution in [3.05, 3.63) is 23.9 Å². The number of benzene rings is 1. The topological polar surface area (TPSA) is 89.4 Å². The summed E-state index contributed by atoms with van der Waals surface area (Å²) in [7, 11) is 3.29. The van der Waals surface area contributed by atoms with Gasteiger partial charge < -0.3 is 25.5 Å². The summed E-state index contributed by atoms with van der Waals surface area (Å²) in [6.07, 6.45) is 3.24. The van der Waals surface area contributed by atoms with Gasteiger partial charge in [-0.1, -0.05) is 13.3 Å². The van der Waals surface area contributed by atoms with E-state index in [4.69, 9.17) is 15.2 Å². The first-order chi connectivity index (χ1) is 11.9. The smallest absolute Gasteiger partial charge is 0.239 e. The lowest BCUT2D eigenvalue weighted by Crippen LogP contribution is -2.51. The molecule has 0 aliphatic heterocycles. The Morgan fingerprint density at radius 1 is 1.27 bits per heavy atom. The highest BCUT2D eigenvalue weighted by molar-refractivity contribution is 5.88. The third-order valence-electron chi connectivity index (χ3n) is 4.38. The lowest BCUT2D eigenvalue weighted by atomic mass is 9.96. The number of hydrogen-bond acceptors (Lipinski definition) is 4. The molecule has 0 saturated carbocycles. The van der Waals surface area contributed by atoms with Crippen molar-refractivity contribution in [2.45, 2.75) is 45.1 Å². The number of hydrogen-bond donors (Lipinski definition) is 3. The van der Waals surface area contributed by atoms with E-state index >= 15 is 0 Å². The molecule has 0 bridgehead atoms. The molecule has 1 heterocycles. The van der Waals surface area contributed by atoms with Gasteiger partial charge in [-0.05, 0) is 32.3 Å². The molecule has 0 saturated heterocycles. The predicted octanol–water partition coefficient (Wildman–Crippen LogP) is 3.17. The molecule has 6 nitrogen and oxygen atoms in total. The monoisotopic (exact) mass is 383 g/mol. The van der Waals surface area contributed by atoms with Crippen LogP contribution in [0.2, 0.25) is 0 Å². The Kier molecular flexibility index (Phi) is 8.24. The van der Waals surface area contributed by atoms with Gasteiger partial charge in [-0.2, -0.15) is 0 Å². The number of halogens is 1. The highest BCUT2D eigenvalue weighted by atomic mass is 35.5. The largest absolute Gasteiger partial charge is 0.497 e. The molecule has 1 unspecified atom stereocenters. The van der Waals surface area contributed by atoms with E-state index in [0.717, 1.165) is 47.4 Å². The molecule has 0 spiro atoms. The van der Waals surface area contributed by atoms with Gasteiger partial charge in [-0.25, -0.2) is 0 Å². The van der Waals surface area contributed by atoms with Crippen LogP contribution in [0.4, 0.5) is 0 Å². The number of fused-ring (bicyclic) bond motifs is 1. The molecular formula is C19H30ClN3O3. The van der Waals surface area contributed by atoms with Gasteiger partial charge in [0.15, 0.2) is 0 Å². The molecule has 1 amide bonds. The minimum atomic E-state index is -0.792. The van der Waals surface area contributed by atoms with Crippen molar-refractivity contribution in [2.75, 3.05) is 20.8 Å². The zero-order chi connectivity index (χ0) is 18.4. The van der Waals surface area contributed by atoms with Gasteiger partial charge in [0.25, 0.3) is 0 Å². The van der Waals surface area contributed by atoms with Crippen molar-refractivity contribution in [1.82, 2.24) is 10.3 Å². The summed E-state index contributed by atoms with van der Waals surface area (Å²) < 4.78 is 10.7. The second-order valence-electron chi connectivity index (χ2n) is 6.61. The van der Waals surface area contributed by atoms with E-state index in [2.05, 4.69) is 16.4 Å². The Morgan fingerprint density at radius 2 is 2.00 bits per heavy atom. The number of nitrogens with two attached hydrogens (primary N) is 1. The van der Waals surface area contributed by atoms with Crippen LogP contribution in [-0.2, 0) is 11.2 Å². The first-order valence-electron chi connectivity index (χ1n) is 8.72. The number of amides is 1. The second-order valence-corrected chi connectivity index (χ2v) is 6.61. The van der Waals surface area contributed by atoms with Crippen molar-refractivity contribution >= 4 is 29.2 Å². The summed E-state index contributed by atoms with van der Waals surface area (Å²) in [6.45, 7) is 4.41. The molecule has 0 fully saturated rings. The molecule has 1 atom stereocenters. The van der Waals surface area contributed by atoms with Crippen LogP contribution in [0, 0.1) is 0 Å². The summed E-state index contributed by atoms with van der Waals surface area (Å²) >= 11 is 0. The van der Waals surface area contributed by atoms with Crippen molar-refractivity contribution in [3.8, 4) is 11.5 Å². The first-order valence-corrected chi connectivity index (χ1v) is 8.72. The number of aromatic nitrogens is 1. The number of aromatic amines is 1. The molecule has 146 valence electrons. The fraction of sp³-hybridized carbons (Fsp3) is 0.526. The van der Waals surface area contributed by atoms with Crippen LogP contribution in [0.15, 0.2) is 18.2 Å². The maximum atomic E-state index is 12.1. The van der Waals surface area contributed by atoms with Crippen LogP contribution in [0.3, 0.4) is 0 Å². The SMILES string of the molecule is CCCC(C)(N)C(=O)NCCCc1cc2c(OC)cc(OC)cc2[nH]1.Cl. The van der Waals surface area contributed by atoms with Gasteiger partial charge >= 0.3 is 0 Å². The number of nitrogens with one attached hydrogen (secondary N) is 2.